The molecular formula is C26H32IN3O2S. The third-order valence-electron chi connectivity index (χ3n) is 5.26. The van der Waals surface area contributed by atoms with Crippen LogP contribution in [0.3, 0.4) is 0 Å². The lowest BCUT2D eigenvalue weighted by Crippen LogP contribution is -2.40. The second-order valence-electron chi connectivity index (χ2n) is 7.69. The van der Waals surface area contributed by atoms with Crippen molar-refractivity contribution in [3.8, 4) is 0 Å². The molecule has 0 aliphatic heterocycles. The molecule has 0 aromatic heterocycles. The van der Waals surface area contributed by atoms with Gasteiger partial charge in [-0.2, -0.15) is 0 Å². The lowest BCUT2D eigenvalue weighted by atomic mass is 9.91. The SMILES string of the molecule is CN=C(NCCCS(=O)(=O)Cc1ccccc1)NCC(c1ccccc1)c1ccccc1.I. The van der Waals surface area contributed by atoms with Gasteiger partial charge in [-0.15, -0.1) is 24.0 Å². The van der Waals surface area contributed by atoms with E-state index in [1.165, 1.54) is 11.1 Å². The van der Waals surface area contributed by atoms with Crippen LogP contribution in [-0.4, -0.2) is 40.3 Å². The molecule has 0 unspecified atom stereocenters. The van der Waals surface area contributed by atoms with Crippen molar-refractivity contribution in [1.82, 2.24) is 10.6 Å². The van der Waals surface area contributed by atoms with Crippen LogP contribution in [0.2, 0.25) is 0 Å². The van der Waals surface area contributed by atoms with E-state index in [1.807, 2.05) is 66.7 Å². The smallest absolute Gasteiger partial charge is 0.191 e. The standard InChI is InChI=1S/C26H31N3O2S.HI/c1-27-26(28-18-11-19-32(30,31)21-22-12-5-2-6-13-22)29-20-25(23-14-7-3-8-15-23)24-16-9-4-10-17-24;/h2-10,12-17,25H,11,18-21H2,1H3,(H2,27,28,29);1H. The maximum Gasteiger partial charge on any atom is 0.191 e. The van der Waals surface area contributed by atoms with Crippen LogP contribution in [0.1, 0.15) is 29.0 Å². The number of aliphatic imine (C=N–C) groups is 1. The van der Waals surface area contributed by atoms with Crippen LogP contribution >= 0.6 is 24.0 Å². The fraction of sp³-hybridized carbons (Fsp3) is 0.269. The predicted octanol–water partition coefficient (Wildman–Crippen LogP) is 4.61. The first kappa shape index (κ1) is 26.9. The molecule has 0 heterocycles. The van der Waals surface area contributed by atoms with E-state index < -0.39 is 9.84 Å². The van der Waals surface area contributed by atoms with Gasteiger partial charge < -0.3 is 10.6 Å². The molecule has 5 nitrogen and oxygen atoms in total. The van der Waals surface area contributed by atoms with E-state index in [-0.39, 0.29) is 41.4 Å². The molecule has 0 fully saturated rings. The molecule has 0 saturated carbocycles. The summed E-state index contributed by atoms with van der Waals surface area (Å²) in [7, 11) is -1.41. The molecule has 7 heteroatoms. The number of nitrogens with zero attached hydrogens (tertiary/aromatic N) is 1. The van der Waals surface area contributed by atoms with Crippen molar-refractivity contribution in [2.45, 2.75) is 18.1 Å². The number of rotatable bonds is 10. The minimum Gasteiger partial charge on any atom is -0.356 e. The van der Waals surface area contributed by atoms with Crippen LogP contribution in [-0.2, 0) is 15.6 Å². The van der Waals surface area contributed by atoms with Gasteiger partial charge >= 0.3 is 0 Å². The summed E-state index contributed by atoms with van der Waals surface area (Å²) >= 11 is 0. The van der Waals surface area contributed by atoms with E-state index in [0.717, 1.165) is 5.56 Å². The number of sulfone groups is 1. The maximum absolute atomic E-state index is 12.4. The van der Waals surface area contributed by atoms with Crippen LogP contribution in [0.4, 0.5) is 0 Å². The predicted molar refractivity (Wildman–Crippen MR) is 148 cm³/mol. The third kappa shape index (κ3) is 9.17. The zero-order valence-corrected chi connectivity index (χ0v) is 22.0. The van der Waals surface area contributed by atoms with Crippen LogP contribution in [0.15, 0.2) is 96.0 Å². The molecule has 176 valence electrons. The van der Waals surface area contributed by atoms with Gasteiger partial charge in [0.15, 0.2) is 15.8 Å². The summed E-state index contributed by atoms with van der Waals surface area (Å²) in [5.74, 6) is 1.07. The summed E-state index contributed by atoms with van der Waals surface area (Å²) in [6.07, 6.45) is 0.524. The van der Waals surface area contributed by atoms with E-state index >= 15 is 0 Å². The summed E-state index contributed by atoms with van der Waals surface area (Å²) in [5, 5.41) is 6.63. The average Bonchev–Trinajstić information content (AvgIpc) is 2.82. The summed E-state index contributed by atoms with van der Waals surface area (Å²) < 4.78 is 24.7. The van der Waals surface area contributed by atoms with Gasteiger partial charge in [0.1, 0.15) is 0 Å². The number of guanidine groups is 1. The van der Waals surface area contributed by atoms with Gasteiger partial charge in [0.25, 0.3) is 0 Å². The molecule has 3 aromatic rings. The zero-order chi connectivity index (χ0) is 22.7. The molecule has 3 aromatic carbocycles. The molecule has 0 aliphatic carbocycles. The largest absolute Gasteiger partial charge is 0.356 e. The van der Waals surface area contributed by atoms with E-state index in [0.29, 0.717) is 25.5 Å². The number of hydrogen-bond acceptors (Lipinski definition) is 3. The first-order chi connectivity index (χ1) is 15.6. The molecule has 0 bridgehead atoms. The van der Waals surface area contributed by atoms with Gasteiger partial charge in [-0.25, -0.2) is 8.42 Å². The Balaban J connectivity index is 0.00000385. The monoisotopic (exact) mass is 577 g/mol. The van der Waals surface area contributed by atoms with Crippen molar-refractivity contribution >= 4 is 39.8 Å². The first-order valence-electron chi connectivity index (χ1n) is 10.9. The van der Waals surface area contributed by atoms with E-state index in [9.17, 15) is 8.42 Å². The van der Waals surface area contributed by atoms with E-state index in [4.69, 9.17) is 0 Å². The zero-order valence-electron chi connectivity index (χ0n) is 18.9. The Bertz CT molecular complexity index is 1040. The molecule has 3 rings (SSSR count). The Morgan fingerprint density at radius 1 is 0.818 bits per heavy atom. The molecule has 0 spiro atoms. The van der Waals surface area contributed by atoms with Crippen LogP contribution in [0.5, 0.6) is 0 Å². The first-order valence-corrected chi connectivity index (χ1v) is 12.7. The highest BCUT2D eigenvalue weighted by Crippen LogP contribution is 2.23. The Morgan fingerprint density at radius 2 is 1.33 bits per heavy atom. The summed E-state index contributed by atoms with van der Waals surface area (Å²) in [6, 6.07) is 30.1. The minimum atomic E-state index is -3.14. The molecule has 0 radical (unpaired) electrons. The molecular weight excluding hydrogens is 545 g/mol. The lowest BCUT2D eigenvalue weighted by molar-refractivity contribution is 0.591. The number of nitrogens with one attached hydrogen (secondary N) is 2. The topological polar surface area (TPSA) is 70.6 Å². The quantitative estimate of drug-likeness (QED) is 0.160. The number of hydrogen-bond donors (Lipinski definition) is 2. The minimum absolute atomic E-state index is 0. The second-order valence-corrected chi connectivity index (χ2v) is 9.87. The van der Waals surface area contributed by atoms with Crippen molar-refractivity contribution in [2.24, 2.45) is 4.99 Å². The summed E-state index contributed by atoms with van der Waals surface area (Å²) in [4.78, 5) is 4.29. The van der Waals surface area contributed by atoms with Crippen molar-refractivity contribution in [2.75, 3.05) is 25.9 Å². The Kier molecular flexibility index (Phi) is 11.4. The maximum atomic E-state index is 12.4. The summed E-state index contributed by atoms with van der Waals surface area (Å²) in [5.41, 5.74) is 3.29. The molecule has 0 saturated heterocycles. The van der Waals surface area contributed by atoms with Gasteiger partial charge in [0.05, 0.1) is 11.5 Å². The highest BCUT2D eigenvalue weighted by Gasteiger charge is 2.15. The molecule has 0 aliphatic rings. The van der Waals surface area contributed by atoms with Crippen LogP contribution in [0, 0.1) is 0 Å². The van der Waals surface area contributed by atoms with E-state index in [2.05, 4.69) is 39.9 Å². The highest BCUT2D eigenvalue weighted by molar-refractivity contribution is 14.0. The Labute approximate surface area is 214 Å². The van der Waals surface area contributed by atoms with Crippen molar-refractivity contribution < 1.29 is 8.42 Å². The van der Waals surface area contributed by atoms with Gasteiger partial charge in [-0.05, 0) is 23.1 Å². The van der Waals surface area contributed by atoms with Gasteiger partial charge in [0.2, 0.25) is 0 Å². The molecule has 2 N–H and O–H groups in total. The third-order valence-corrected chi connectivity index (χ3v) is 6.94. The molecule has 0 atom stereocenters. The molecule has 0 amide bonds. The van der Waals surface area contributed by atoms with Gasteiger partial charge in [-0.3, -0.25) is 4.99 Å². The van der Waals surface area contributed by atoms with Gasteiger partial charge in [-0.1, -0.05) is 91.0 Å². The van der Waals surface area contributed by atoms with Crippen molar-refractivity contribution in [1.29, 1.82) is 0 Å². The Morgan fingerprint density at radius 3 is 1.85 bits per heavy atom. The van der Waals surface area contributed by atoms with Crippen LogP contribution in [0.25, 0.3) is 0 Å². The fourth-order valence-corrected chi connectivity index (χ4v) is 5.05. The van der Waals surface area contributed by atoms with E-state index in [1.54, 1.807) is 7.05 Å². The van der Waals surface area contributed by atoms with Gasteiger partial charge in [0, 0.05) is 26.1 Å². The summed E-state index contributed by atoms with van der Waals surface area (Å²) in [6.45, 7) is 1.22. The second kappa shape index (κ2) is 14.0. The normalized spacial score (nSPS) is 11.6. The Hall–Kier alpha value is -2.39. The highest BCUT2D eigenvalue weighted by atomic mass is 127. The lowest BCUT2D eigenvalue weighted by Gasteiger charge is -2.20. The van der Waals surface area contributed by atoms with Crippen molar-refractivity contribution in [3.05, 3.63) is 108 Å². The molecule has 33 heavy (non-hydrogen) atoms. The number of halogens is 1. The fourth-order valence-electron chi connectivity index (χ4n) is 3.62. The van der Waals surface area contributed by atoms with Crippen molar-refractivity contribution in [3.63, 3.8) is 0 Å². The van der Waals surface area contributed by atoms with Crippen LogP contribution < -0.4 is 10.6 Å². The number of benzene rings is 3. The average molecular weight is 578 g/mol.